The monoisotopic (exact) mass is 428 g/mol. The van der Waals surface area contributed by atoms with Crippen molar-refractivity contribution in [3.8, 4) is 0 Å². The molecule has 1 aliphatic rings. The van der Waals surface area contributed by atoms with Crippen LogP contribution in [-0.4, -0.2) is 41.6 Å². The second kappa shape index (κ2) is 17.2. The van der Waals surface area contributed by atoms with Gasteiger partial charge in [0.15, 0.2) is 0 Å². The lowest BCUT2D eigenvalue weighted by Crippen LogP contribution is -2.34. The van der Waals surface area contributed by atoms with Gasteiger partial charge in [-0.1, -0.05) is 108 Å². The molecule has 1 aliphatic heterocycles. The smallest absolute Gasteiger partial charge is 0.0853 e. The number of hydrogen-bond donors (Lipinski definition) is 1. The molecule has 0 spiro atoms. The molecule has 0 saturated carbocycles. The standard InChI is InChI=1S/C28H48N2O/c1-2-3-4-5-6-7-8-9-10-11-15-20-28(31)21-16-19-27(30-23-22-29-25-30)24-26-17-13-12-14-18-26/h12-14,17-18,25,27-28,31H,2-11,15-16,19-24H2,1H3. The Labute approximate surface area is 192 Å². The minimum atomic E-state index is -0.122. The predicted octanol–water partition coefficient (Wildman–Crippen LogP) is 7.17. The van der Waals surface area contributed by atoms with Crippen LogP contribution >= 0.6 is 0 Å². The van der Waals surface area contributed by atoms with Crippen molar-refractivity contribution in [2.45, 2.75) is 122 Å². The molecule has 2 atom stereocenters. The zero-order valence-corrected chi connectivity index (χ0v) is 20.2. The normalized spacial score (nSPS) is 15.5. The van der Waals surface area contributed by atoms with E-state index in [1.807, 2.05) is 6.34 Å². The highest BCUT2D eigenvalue weighted by molar-refractivity contribution is 5.57. The van der Waals surface area contributed by atoms with Crippen LogP contribution in [-0.2, 0) is 6.42 Å². The van der Waals surface area contributed by atoms with Crippen molar-refractivity contribution >= 4 is 6.34 Å². The molecule has 0 aromatic heterocycles. The number of aliphatic hydroxyl groups is 1. The van der Waals surface area contributed by atoms with E-state index in [0.717, 1.165) is 45.2 Å². The summed E-state index contributed by atoms with van der Waals surface area (Å²) in [6, 6.07) is 11.3. The molecule has 0 fully saturated rings. The second-order valence-corrected chi connectivity index (χ2v) is 9.51. The molecule has 31 heavy (non-hydrogen) atoms. The average molecular weight is 429 g/mol. The summed E-state index contributed by atoms with van der Waals surface area (Å²) in [6.07, 6.45) is 22.2. The van der Waals surface area contributed by atoms with Crippen LogP contribution in [0.1, 0.15) is 109 Å². The van der Waals surface area contributed by atoms with Crippen LogP contribution in [0.4, 0.5) is 0 Å². The van der Waals surface area contributed by atoms with Crippen molar-refractivity contribution in [1.82, 2.24) is 4.90 Å². The van der Waals surface area contributed by atoms with Gasteiger partial charge in [-0.2, -0.15) is 0 Å². The Hall–Kier alpha value is -1.35. The lowest BCUT2D eigenvalue weighted by Gasteiger charge is -2.27. The number of unbranched alkanes of at least 4 members (excludes halogenated alkanes) is 10. The molecule has 0 aliphatic carbocycles. The van der Waals surface area contributed by atoms with E-state index in [1.54, 1.807) is 0 Å². The topological polar surface area (TPSA) is 35.8 Å². The molecule has 1 heterocycles. The first-order chi connectivity index (χ1) is 15.3. The molecule has 0 radical (unpaired) electrons. The van der Waals surface area contributed by atoms with Crippen molar-refractivity contribution in [2.75, 3.05) is 13.1 Å². The summed E-state index contributed by atoms with van der Waals surface area (Å²) in [6.45, 7) is 4.25. The van der Waals surface area contributed by atoms with Gasteiger partial charge in [0.05, 0.1) is 19.0 Å². The van der Waals surface area contributed by atoms with Crippen molar-refractivity contribution in [2.24, 2.45) is 4.99 Å². The van der Waals surface area contributed by atoms with E-state index in [2.05, 4.69) is 47.1 Å². The number of aliphatic hydroxyl groups excluding tert-OH is 1. The molecular weight excluding hydrogens is 380 g/mol. The van der Waals surface area contributed by atoms with Crippen LogP contribution < -0.4 is 0 Å². The number of rotatable bonds is 19. The molecule has 176 valence electrons. The molecule has 1 aromatic carbocycles. The zero-order valence-electron chi connectivity index (χ0n) is 20.2. The van der Waals surface area contributed by atoms with E-state index in [-0.39, 0.29) is 6.10 Å². The van der Waals surface area contributed by atoms with Crippen molar-refractivity contribution in [3.63, 3.8) is 0 Å². The van der Waals surface area contributed by atoms with E-state index in [4.69, 9.17) is 0 Å². The molecule has 1 N–H and O–H groups in total. The highest BCUT2D eigenvalue weighted by Gasteiger charge is 2.19. The molecule has 1 aromatic rings. The van der Waals surface area contributed by atoms with Gasteiger partial charge >= 0.3 is 0 Å². The molecule has 3 nitrogen and oxygen atoms in total. The van der Waals surface area contributed by atoms with Crippen LogP contribution in [0.15, 0.2) is 35.3 Å². The fourth-order valence-corrected chi connectivity index (χ4v) is 4.72. The summed E-state index contributed by atoms with van der Waals surface area (Å²) >= 11 is 0. The fourth-order valence-electron chi connectivity index (χ4n) is 4.72. The number of aliphatic imine (C=N–C) groups is 1. The maximum absolute atomic E-state index is 10.4. The first-order valence-corrected chi connectivity index (χ1v) is 13.3. The number of nitrogens with zero attached hydrogens (tertiary/aromatic N) is 2. The Morgan fingerprint density at radius 1 is 0.806 bits per heavy atom. The average Bonchev–Trinajstić information content (AvgIpc) is 3.32. The van der Waals surface area contributed by atoms with Gasteiger partial charge in [-0.05, 0) is 37.7 Å². The van der Waals surface area contributed by atoms with Gasteiger partial charge in [-0.3, -0.25) is 4.99 Å². The van der Waals surface area contributed by atoms with Crippen molar-refractivity contribution < 1.29 is 5.11 Å². The van der Waals surface area contributed by atoms with Crippen LogP contribution in [0.3, 0.4) is 0 Å². The fraction of sp³-hybridized carbons (Fsp3) is 0.750. The van der Waals surface area contributed by atoms with Gasteiger partial charge in [0, 0.05) is 12.6 Å². The molecule has 2 unspecified atom stereocenters. The Bertz CT molecular complexity index is 559. The second-order valence-electron chi connectivity index (χ2n) is 9.51. The minimum absolute atomic E-state index is 0.122. The largest absolute Gasteiger partial charge is 0.393 e. The summed E-state index contributed by atoms with van der Waals surface area (Å²) in [7, 11) is 0. The van der Waals surface area contributed by atoms with Gasteiger partial charge in [0.1, 0.15) is 0 Å². The molecule has 2 rings (SSSR count). The number of benzene rings is 1. The maximum atomic E-state index is 10.4. The van der Waals surface area contributed by atoms with E-state index in [9.17, 15) is 5.11 Å². The molecular formula is C28H48N2O. The van der Waals surface area contributed by atoms with Gasteiger partial charge in [0.25, 0.3) is 0 Å². The SMILES string of the molecule is CCCCCCCCCCCCCC(O)CCCC(Cc1ccccc1)N1C=NCC1. The van der Waals surface area contributed by atoms with E-state index in [0.29, 0.717) is 6.04 Å². The van der Waals surface area contributed by atoms with E-state index < -0.39 is 0 Å². The third-order valence-electron chi connectivity index (χ3n) is 6.72. The Morgan fingerprint density at radius 3 is 2.03 bits per heavy atom. The van der Waals surface area contributed by atoms with Gasteiger partial charge < -0.3 is 10.0 Å². The molecule has 0 saturated heterocycles. The zero-order chi connectivity index (χ0) is 22.0. The molecule has 3 heteroatoms. The summed E-state index contributed by atoms with van der Waals surface area (Å²) in [5.74, 6) is 0. The molecule has 0 bridgehead atoms. The Morgan fingerprint density at radius 2 is 1.42 bits per heavy atom. The van der Waals surface area contributed by atoms with Crippen LogP contribution in [0.2, 0.25) is 0 Å². The summed E-state index contributed by atoms with van der Waals surface area (Å²) in [4.78, 5) is 6.82. The quantitative estimate of drug-likeness (QED) is 0.237. The minimum Gasteiger partial charge on any atom is -0.393 e. The van der Waals surface area contributed by atoms with Gasteiger partial charge in [0.2, 0.25) is 0 Å². The van der Waals surface area contributed by atoms with Crippen LogP contribution in [0.5, 0.6) is 0 Å². The summed E-state index contributed by atoms with van der Waals surface area (Å²) < 4.78 is 0. The molecule has 0 amide bonds. The van der Waals surface area contributed by atoms with Gasteiger partial charge in [-0.15, -0.1) is 0 Å². The lowest BCUT2D eigenvalue weighted by molar-refractivity contribution is 0.144. The third kappa shape index (κ3) is 12.3. The van der Waals surface area contributed by atoms with Crippen LogP contribution in [0, 0.1) is 0 Å². The maximum Gasteiger partial charge on any atom is 0.0853 e. The van der Waals surface area contributed by atoms with Crippen LogP contribution in [0.25, 0.3) is 0 Å². The van der Waals surface area contributed by atoms with Crippen molar-refractivity contribution in [1.29, 1.82) is 0 Å². The van der Waals surface area contributed by atoms with Crippen molar-refractivity contribution in [3.05, 3.63) is 35.9 Å². The first-order valence-electron chi connectivity index (χ1n) is 13.3. The van der Waals surface area contributed by atoms with Gasteiger partial charge in [-0.25, -0.2) is 0 Å². The Kier molecular flexibility index (Phi) is 14.4. The predicted molar refractivity (Wildman–Crippen MR) is 135 cm³/mol. The highest BCUT2D eigenvalue weighted by Crippen LogP contribution is 2.18. The summed E-state index contributed by atoms with van der Waals surface area (Å²) in [5.41, 5.74) is 1.40. The number of hydrogen-bond acceptors (Lipinski definition) is 3. The third-order valence-corrected chi connectivity index (χ3v) is 6.72. The van der Waals surface area contributed by atoms with E-state index in [1.165, 1.54) is 76.2 Å². The Balaban J connectivity index is 1.50. The van der Waals surface area contributed by atoms with E-state index >= 15 is 0 Å². The highest BCUT2D eigenvalue weighted by atomic mass is 16.3. The first kappa shape index (κ1) is 25.9. The lowest BCUT2D eigenvalue weighted by atomic mass is 9.97. The summed E-state index contributed by atoms with van der Waals surface area (Å²) in [5, 5.41) is 10.4.